The number of halogens is 2. The Labute approximate surface area is 116 Å². The van der Waals surface area contributed by atoms with Gasteiger partial charge in [0, 0.05) is 6.04 Å². The first-order valence-corrected chi connectivity index (χ1v) is 7.53. The Morgan fingerprint density at radius 2 is 1.95 bits per heavy atom. The molecule has 1 saturated carbocycles. The molecule has 1 fully saturated rings. The minimum atomic E-state index is -2.37. The Kier molecular flexibility index (Phi) is 6.67. The van der Waals surface area contributed by atoms with Crippen molar-refractivity contribution in [2.24, 2.45) is 11.3 Å². The number of nitrogens with one attached hydrogen (secondary N) is 1. The van der Waals surface area contributed by atoms with Gasteiger partial charge in [0.1, 0.15) is 6.61 Å². The van der Waals surface area contributed by atoms with Crippen molar-refractivity contribution in [1.29, 1.82) is 0 Å². The maximum absolute atomic E-state index is 12.4. The third-order valence-electron chi connectivity index (χ3n) is 4.71. The maximum Gasteiger partial charge on any atom is 0.261 e. The number of hydrogen-bond donors (Lipinski definition) is 1. The van der Waals surface area contributed by atoms with Crippen LogP contribution >= 0.6 is 0 Å². The predicted molar refractivity (Wildman–Crippen MR) is 74.6 cm³/mol. The van der Waals surface area contributed by atoms with Crippen LogP contribution < -0.4 is 5.32 Å². The van der Waals surface area contributed by atoms with Crippen LogP contribution in [0.4, 0.5) is 8.78 Å². The molecule has 0 spiro atoms. The van der Waals surface area contributed by atoms with E-state index in [1.165, 1.54) is 0 Å². The van der Waals surface area contributed by atoms with Crippen molar-refractivity contribution in [3.63, 3.8) is 0 Å². The van der Waals surface area contributed by atoms with Crippen LogP contribution in [0.3, 0.4) is 0 Å². The molecule has 0 aromatic rings. The molecule has 2 nitrogen and oxygen atoms in total. The van der Waals surface area contributed by atoms with E-state index in [2.05, 4.69) is 26.1 Å². The number of alkyl halides is 2. The van der Waals surface area contributed by atoms with Gasteiger partial charge in [0.25, 0.3) is 6.43 Å². The van der Waals surface area contributed by atoms with Gasteiger partial charge >= 0.3 is 0 Å². The number of hydrogen-bond acceptors (Lipinski definition) is 2. The van der Waals surface area contributed by atoms with Crippen molar-refractivity contribution in [2.75, 3.05) is 13.2 Å². The van der Waals surface area contributed by atoms with Crippen LogP contribution in [0.1, 0.15) is 53.4 Å². The molecule has 0 radical (unpaired) electrons. The molecular formula is C15H29F2NO. The van der Waals surface area contributed by atoms with Gasteiger partial charge in [0.05, 0.1) is 6.10 Å². The quantitative estimate of drug-likeness (QED) is 0.763. The van der Waals surface area contributed by atoms with Crippen molar-refractivity contribution in [3.05, 3.63) is 0 Å². The number of ether oxygens (including phenoxy) is 1. The summed E-state index contributed by atoms with van der Waals surface area (Å²) in [6, 6.07) is 0.229. The Morgan fingerprint density at radius 3 is 2.47 bits per heavy atom. The van der Waals surface area contributed by atoms with Gasteiger partial charge in [0.2, 0.25) is 0 Å². The van der Waals surface area contributed by atoms with Crippen molar-refractivity contribution in [3.8, 4) is 0 Å². The zero-order valence-electron chi connectivity index (χ0n) is 12.7. The van der Waals surface area contributed by atoms with Crippen LogP contribution in [0, 0.1) is 11.3 Å². The molecular weight excluding hydrogens is 248 g/mol. The molecule has 0 saturated heterocycles. The fraction of sp³-hybridized carbons (Fsp3) is 1.00. The summed E-state index contributed by atoms with van der Waals surface area (Å²) >= 11 is 0. The molecule has 114 valence electrons. The lowest BCUT2D eigenvalue weighted by atomic mass is 9.68. The highest BCUT2D eigenvalue weighted by atomic mass is 19.3. The third kappa shape index (κ3) is 4.99. The van der Waals surface area contributed by atoms with Gasteiger partial charge < -0.3 is 10.1 Å². The highest BCUT2D eigenvalue weighted by Gasteiger charge is 2.37. The van der Waals surface area contributed by atoms with E-state index < -0.39 is 13.0 Å². The van der Waals surface area contributed by atoms with Gasteiger partial charge in [-0.1, -0.05) is 34.1 Å². The van der Waals surface area contributed by atoms with Crippen molar-refractivity contribution >= 4 is 0 Å². The van der Waals surface area contributed by atoms with Gasteiger partial charge in [-0.2, -0.15) is 0 Å². The van der Waals surface area contributed by atoms with Gasteiger partial charge in [-0.15, -0.1) is 0 Å². The van der Waals surface area contributed by atoms with Crippen molar-refractivity contribution < 1.29 is 13.5 Å². The van der Waals surface area contributed by atoms with E-state index in [1.54, 1.807) is 0 Å². The second-order valence-electron chi connectivity index (χ2n) is 6.28. The smallest absolute Gasteiger partial charge is 0.261 e. The Hall–Kier alpha value is -0.220. The second-order valence-corrected chi connectivity index (χ2v) is 6.28. The molecule has 0 aromatic heterocycles. The third-order valence-corrected chi connectivity index (χ3v) is 4.71. The van der Waals surface area contributed by atoms with Gasteiger partial charge in [0.15, 0.2) is 0 Å². The van der Waals surface area contributed by atoms with E-state index in [1.807, 2.05) is 6.92 Å². The SMILES string of the molecule is CCNC1CCC(C(C)(C)CC)CC1OCC(F)F. The van der Waals surface area contributed by atoms with Crippen LogP contribution in [-0.2, 0) is 4.74 Å². The first-order chi connectivity index (χ1) is 8.90. The van der Waals surface area contributed by atoms with E-state index in [0.29, 0.717) is 5.92 Å². The molecule has 0 heterocycles. The van der Waals surface area contributed by atoms with Crippen LogP contribution in [0.2, 0.25) is 0 Å². The summed E-state index contributed by atoms with van der Waals surface area (Å²) in [5.74, 6) is 0.565. The monoisotopic (exact) mass is 277 g/mol. The summed E-state index contributed by atoms with van der Waals surface area (Å²) < 4.78 is 30.2. The zero-order chi connectivity index (χ0) is 14.5. The topological polar surface area (TPSA) is 21.3 Å². The first-order valence-electron chi connectivity index (χ1n) is 7.53. The average molecular weight is 277 g/mol. The first kappa shape index (κ1) is 16.8. The summed E-state index contributed by atoms with van der Waals surface area (Å²) in [7, 11) is 0. The summed E-state index contributed by atoms with van der Waals surface area (Å²) in [6.07, 6.45) is 1.75. The number of rotatable bonds is 7. The molecule has 3 unspecified atom stereocenters. The van der Waals surface area contributed by atoms with E-state index in [0.717, 1.165) is 32.2 Å². The van der Waals surface area contributed by atoms with Gasteiger partial charge in [-0.3, -0.25) is 0 Å². The molecule has 1 aliphatic carbocycles. The van der Waals surface area contributed by atoms with E-state index >= 15 is 0 Å². The summed E-state index contributed by atoms with van der Waals surface area (Å²) in [4.78, 5) is 0. The Balaban J connectivity index is 2.62. The maximum atomic E-state index is 12.4. The number of likely N-dealkylation sites (N-methyl/N-ethyl adjacent to an activating group) is 1. The summed E-state index contributed by atoms with van der Waals surface area (Å²) in [5.41, 5.74) is 0.267. The molecule has 1 aliphatic rings. The van der Waals surface area contributed by atoms with Crippen molar-refractivity contribution in [2.45, 2.75) is 71.9 Å². The largest absolute Gasteiger partial charge is 0.371 e. The lowest BCUT2D eigenvalue weighted by Crippen LogP contribution is -2.48. The normalized spacial score (nSPS) is 28.9. The molecule has 0 aromatic carbocycles. The molecule has 4 heteroatoms. The lowest BCUT2D eigenvalue weighted by molar-refractivity contribution is -0.0694. The fourth-order valence-corrected chi connectivity index (χ4v) is 3.00. The van der Waals surface area contributed by atoms with E-state index in [4.69, 9.17) is 4.74 Å². The minimum absolute atomic E-state index is 0.0708. The molecule has 1 rings (SSSR count). The molecule has 1 N–H and O–H groups in total. The molecule has 19 heavy (non-hydrogen) atoms. The van der Waals surface area contributed by atoms with E-state index in [9.17, 15) is 8.78 Å². The lowest BCUT2D eigenvalue weighted by Gasteiger charge is -2.43. The highest BCUT2D eigenvalue weighted by Crippen LogP contribution is 2.41. The molecule has 0 aliphatic heterocycles. The predicted octanol–water partition coefficient (Wildman–Crippen LogP) is 3.85. The van der Waals surface area contributed by atoms with Crippen molar-refractivity contribution in [1.82, 2.24) is 5.32 Å². The van der Waals surface area contributed by atoms with Crippen LogP contribution in [0.25, 0.3) is 0 Å². The molecule has 0 bridgehead atoms. The van der Waals surface area contributed by atoms with Crippen LogP contribution in [0.15, 0.2) is 0 Å². The van der Waals surface area contributed by atoms with Crippen LogP contribution in [0.5, 0.6) is 0 Å². The minimum Gasteiger partial charge on any atom is -0.371 e. The molecule has 3 atom stereocenters. The standard InChI is InChI=1S/C15H29F2NO/c1-5-15(3,4)11-7-8-12(18-6-2)13(9-11)19-10-14(16)17/h11-14,18H,5-10H2,1-4H3. The fourth-order valence-electron chi connectivity index (χ4n) is 3.00. The summed E-state index contributed by atoms with van der Waals surface area (Å²) in [6.45, 7) is 9.22. The van der Waals surface area contributed by atoms with Crippen LogP contribution in [-0.4, -0.2) is 31.7 Å². The Bertz CT molecular complexity index is 259. The van der Waals surface area contributed by atoms with Gasteiger partial charge in [-0.05, 0) is 37.1 Å². The van der Waals surface area contributed by atoms with E-state index in [-0.39, 0.29) is 17.6 Å². The van der Waals surface area contributed by atoms with Gasteiger partial charge in [-0.25, -0.2) is 8.78 Å². The second kappa shape index (κ2) is 7.53. The Morgan fingerprint density at radius 1 is 1.26 bits per heavy atom. The highest BCUT2D eigenvalue weighted by molar-refractivity contribution is 4.90. The zero-order valence-corrected chi connectivity index (χ0v) is 12.7. The summed E-state index contributed by atoms with van der Waals surface area (Å²) in [5, 5.41) is 3.38. The molecule has 0 amide bonds. The average Bonchev–Trinajstić information content (AvgIpc) is 2.37.